The summed E-state index contributed by atoms with van der Waals surface area (Å²) < 4.78 is 38.7. The van der Waals surface area contributed by atoms with Crippen molar-refractivity contribution in [2.24, 2.45) is 17.8 Å². The van der Waals surface area contributed by atoms with E-state index in [2.05, 4.69) is 4.98 Å². The van der Waals surface area contributed by atoms with Crippen LogP contribution >= 0.6 is 23.1 Å². The fourth-order valence-corrected chi connectivity index (χ4v) is 8.00. The summed E-state index contributed by atoms with van der Waals surface area (Å²) in [6.07, 6.45) is -0.654. The average molecular weight is 383 g/mol. The van der Waals surface area contributed by atoms with Gasteiger partial charge in [0.05, 0.1) is 10.6 Å². The van der Waals surface area contributed by atoms with E-state index in [1.165, 1.54) is 42.7 Å². The molecule has 1 N–H and O–H groups in total. The van der Waals surface area contributed by atoms with Crippen molar-refractivity contribution in [1.82, 2.24) is 4.98 Å². The fourth-order valence-electron chi connectivity index (χ4n) is 5.10. The van der Waals surface area contributed by atoms with Gasteiger partial charge in [0.2, 0.25) is 0 Å². The van der Waals surface area contributed by atoms with Gasteiger partial charge in [-0.05, 0) is 54.7 Å². The molecule has 2 nitrogen and oxygen atoms in total. The first-order chi connectivity index (χ1) is 11.9. The predicted molar refractivity (Wildman–Crippen MR) is 92.2 cm³/mol. The van der Waals surface area contributed by atoms with Gasteiger partial charge < -0.3 is 4.98 Å². The van der Waals surface area contributed by atoms with Crippen LogP contribution in [0.5, 0.6) is 0 Å². The number of thiazole rings is 1. The molecule has 5 atom stereocenters. The number of nitrogens with one attached hydrogen (secondary N) is 1. The lowest BCUT2D eigenvalue weighted by Gasteiger charge is -2.40. The van der Waals surface area contributed by atoms with Crippen LogP contribution in [0.25, 0.3) is 0 Å². The number of H-pyrrole nitrogens is 1. The van der Waals surface area contributed by atoms with Crippen molar-refractivity contribution in [3.05, 3.63) is 49.9 Å². The van der Waals surface area contributed by atoms with Gasteiger partial charge >= 0.3 is 11.0 Å². The molecule has 0 spiro atoms. The van der Waals surface area contributed by atoms with Gasteiger partial charge in [-0.3, -0.25) is 4.79 Å². The van der Waals surface area contributed by atoms with Gasteiger partial charge in [0.1, 0.15) is 0 Å². The third kappa shape index (κ3) is 2.42. The number of rotatable bonds is 1. The van der Waals surface area contributed by atoms with Gasteiger partial charge in [0.15, 0.2) is 0 Å². The lowest BCUT2D eigenvalue weighted by Crippen LogP contribution is -2.33. The van der Waals surface area contributed by atoms with Crippen molar-refractivity contribution in [2.45, 2.75) is 41.6 Å². The highest BCUT2D eigenvalue weighted by atomic mass is 32.2. The van der Waals surface area contributed by atoms with Crippen molar-refractivity contribution in [1.29, 1.82) is 0 Å². The standard InChI is InChI=1S/C18H16F3NOS2/c19-18(20,21)11-5-3-8(4-6-11)12-13-9-1-2-10(7-9)14(13)24-16-15(12)25-17(23)22-16/h3-6,9-10,12-14H,1-2,7H2,(H,22,23)/t9-,10+,12+,13-,14+/m1/s1. The van der Waals surface area contributed by atoms with Gasteiger partial charge in [-0.25, -0.2) is 0 Å². The van der Waals surface area contributed by atoms with Crippen LogP contribution < -0.4 is 4.87 Å². The molecule has 2 aliphatic carbocycles. The van der Waals surface area contributed by atoms with Crippen LogP contribution in [-0.2, 0) is 6.18 Å². The summed E-state index contributed by atoms with van der Waals surface area (Å²) in [5.74, 6) is 1.77. The molecule has 0 saturated heterocycles. The number of aromatic amines is 1. The van der Waals surface area contributed by atoms with Crippen LogP contribution in [0.15, 0.2) is 34.1 Å². The largest absolute Gasteiger partial charge is 0.416 e. The summed E-state index contributed by atoms with van der Waals surface area (Å²) in [5.41, 5.74) is 0.292. The monoisotopic (exact) mass is 383 g/mol. The molecule has 0 amide bonds. The first kappa shape index (κ1) is 16.0. The third-order valence-electron chi connectivity index (χ3n) is 6.06. The molecule has 2 bridgehead atoms. The van der Waals surface area contributed by atoms with E-state index in [9.17, 15) is 18.0 Å². The number of hydrogen-bond acceptors (Lipinski definition) is 3. The molecule has 2 saturated carbocycles. The van der Waals surface area contributed by atoms with Crippen molar-refractivity contribution < 1.29 is 13.2 Å². The molecule has 25 heavy (non-hydrogen) atoms. The van der Waals surface area contributed by atoms with Crippen molar-refractivity contribution in [3.63, 3.8) is 0 Å². The number of alkyl halides is 3. The quantitative estimate of drug-likeness (QED) is 0.742. The summed E-state index contributed by atoms with van der Waals surface area (Å²) in [5, 5.41) is 1.41. The molecule has 0 unspecified atom stereocenters. The highest BCUT2D eigenvalue weighted by molar-refractivity contribution is 8.00. The molecule has 1 aromatic carbocycles. The van der Waals surface area contributed by atoms with Crippen molar-refractivity contribution >= 4 is 23.1 Å². The highest BCUT2D eigenvalue weighted by Gasteiger charge is 2.54. The van der Waals surface area contributed by atoms with E-state index in [1.807, 2.05) is 0 Å². The van der Waals surface area contributed by atoms with Crippen molar-refractivity contribution in [3.8, 4) is 0 Å². The number of thioether (sulfide) groups is 1. The van der Waals surface area contributed by atoms with Crippen LogP contribution in [0.3, 0.4) is 0 Å². The average Bonchev–Trinajstić information content (AvgIpc) is 3.25. The number of aromatic nitrogens is 1. The van der Waals surface area contributed by atoms with Gasteiger partial charge in [-0.1, -0.05) is 23.5 Å². The molecule has 2 heterocycles. The Bertz CT molecular complexity index is 870. The predicted octanol–water partition coefficient (Wildman–Crippen LogP) is 5.11. The molecule has 0 radical (unpaired) electrons. The van der Waals surface area contributed by atoms with E-state index < -0.39 is 11.7 Å². The van der Waals surface area contributed by atoms with E-state index in [4.69, 9.17) is 0 Å². The summed E-state index contributed by atoms with van der Waals surface area (Å²) in [6.45, 7) is 0. The Hall–Kier alpha value is -1.21. The first-order valence-electron chi connectivity index (χ1n) is 8.48. The summed E-state index contributed by atoms with van der Waals surface area (Å²) in [6, 6.07) is 5.57. The molecule has 1 aromatic heterocycles. The van der Waals surface area contributed by atoms with Crippen LogP contribution in [0, 0.1) is 17.8 Å². The Morgan fingerprint density at radius 3 is 2.52 bits per heavy atom. The van der Waals surface area contributed by atoms with E-state index in [-0.39, 0.29) is 10.8 Å². The highest BCUT2D eigenvalue weighted by Crippen LogP contribution is 2.63. The molecule has 2 fully saturated rings. The Morgan fingerprint density at radius 1 is 1.08 bits per heavy atom. The zero-order chi connectivity index (χ0) is 17.3. The van der Waals surface area contributed by atoms with E-state index in [0.29, 0.717) is 23.0 Å². The second kappa shape index (κ2) is 5.39. The minimum Gasteiger partial charge on any atom is -0.307 e. The van der Waals surface area contributed by atoms with Gasteiger partial charge in [0, 0.05) is 16.0 Å². The minimum absolute atomic E-state index is 0.0442. The molecule has 2 aromatic rings. The summed E-state index contributed by atoms with van der Waals surface area (Å²) in [4.78, 5) is 15.8. The van der Waals surface area contributed by atoms with Gasteiger partial charge in [-0.2, -0.15) is 13.2 Å². The van der Waals surface area contributed by atoms with Crippen LogP contribution in [0.4, 0.5) is 13.2 Å². The Kier molecular flexibility index (Phi) is 3.45. The number of halogens is 3. The van der Waals surface area contributed by atoms with E-state index >= 15 is 0 Å². The zero-order valence-corrected chi connectivity index (χ0v) is 14.8. The first-order valence-corrected chi connectivity index (χ1v) is 10.2. The van der Waals surface area contributed by atoms with E-state index in [1.54, 1.807) is 23.9 Å². The summed E-state index contributed by atoms with van der Waals surface area (Å²) >= 11 is 3.02. The number of hydrogen-bond donors (Lipinski definition) is 1. The molecular formula is C18H16F3NOS2. The van der Waals surface area contributed by atoms with Gasteiger partial charge in [-0.15, -0.1) is 11.8 Å². The third-order valence-corrected chi connectivity index (χ3v) is 8.69. The Balaban J connectivity index is 1.61. The normalized spacial score (nSPS) is 33.3. The maximum absolute atomic E-state index is 12.9. The van der Waals surface area contributed by atoms with Crippen LogP contribution in [0.2, 0.25) is 0 Å². The topological polar surface area (TPSA) is 32.9 Å². The maximum Gasteiger partial charge on any atom is 0.416 e. The number of benzene rings is 1. The molecule has 7 heteroatoms. The summed E-state index contributed by atoms with van der Waals surface area (Å²) in [7, 11) is 0. The lowest BCUT2D eigenvalue weighted by atomic mass is 9.75. The zero-order valence-electron chi connectivity index (χ0n) is 13.2. The second-order valence-corrected chi connectivity index (χ2v) is 9.50. The maximum atomic E-state index is 12.9. The Labute approximate surface area is 150 Å². The SMILES string of the molecule is O=c1[nH]c2c(s1)[C@@H](c1ccc(C(F)(F)F)cc1)[C@H]1[C@@H]3CC[C@@H](C3)[C@@H]1S2. The van der Waals surface area contributed by atoms with Crippen LogP contribution in [-0.4, -0.2) is 10.2 Å². The lowest BCUT2D eigenvalue weighted by molar-refractivity contribution is -0.137. The molecule has 3 aliphatic rings. The van der Waals surface area contributed by atoms with Crippen molar-refractivity contribution in [2.75, 3.05) is 0 Å². The number of fused-ring (bicyclic) bond motifs is 6. The smallest absolute Gasteiger partial charge is 0.307 e. The van der Waals surface area contributed by atoms with Crippen LogP contribution in [0.1, 0.15) is 41.2 Å². The molecule has 1 aliphatic heterocycles. The molecular weight excluding hydrogens is 367 g/mol. The second-order valence-electron chi connectivity index (χ2n) is 7.30. The molecule has 5 rings (SSSR count). The fraction of sp³-hybridized carbons (Fsp3) is 0.500. The minimum atomic E-state index is -4.32. The van der Waals surface area contributed by atoms with E-state index in [0.717, 1.165) is 15.5 Å². The molecule has 132 valence electrons. The Morgan fingerprint density at radius 2 is 1.80 bits per heavy atom. The van der Waals surface area contributed by atoms with Gasteiger partial charge in [0.25, 0.3) is 0 Å².